The van der Waals surface area contributed by atoms with Gasteiger partial charge in [-0.3, -0.25) is 9.80 Å². The average Bonchev–Trinajstić information content (AvgIpc) is 2.39. The van der Waals surface area contributed by atoms with Gasteiger partial charge < -0.3 is 5.32 Å². The van der Waals surface area contributed by atoms with Crippen LogP contribution in [0.5, 0.6) is 0 Å². The largest absolute Gasteiger partial charge is 0.401 e. The minimum atomic E-state index is -4.06. The van der Waals surface area contributed by atoms with Crippen LogP contribution in [0.25, 0.3) is 0 Å². The molecule has 0 amide bonds. The van der Waals surface area contributed by atoms with E-state index in [2.05, 4.69) is 17.1 Å². The van der Waals surface area contributed by atoms with Gasteiger partial charge in [0.25, 0.3) is 0 Å². The third-order valence-corrected chi connectivity index (χ3v) is 4.52. The number of piperazine rings is 1. The van der Waals surface area contributed by atoms with Crippen molar-refractivity contribution in [2.75, 3.05) is 39.3 Å². The molecular formula is C14H26F3N3. The Balaban J connectivity index is 1.69. The summed E-state index contributed by atoms with van der Waals surface area (Å²) < 4.78 is 37.0. The molecule has 1 saturated heterocycles. The molecule has 118 valence electrons. The summed E-state index contributed by atoms with van der Waals surface area (Å²) in [5.74, 6) is 0. The highest BCUT2D eigenvalue weighted by Crippen LogP contribution is 2.25. The molecule has 2 aliphatic rings. The lowest BCUT2D eigenvalue weighted by Gasteiger charge is -2.42. The van der Waals surface area contributed by atoms with E-state index >= 15 is 0 Å². The van der Waals surface area contributed by atoms with E-state index in [0.717, 1.165) is 19.6 Å². The molecule has 2 fully saturated rings. The number of nitrogens with zero attached hydrogens (tertiary/aromatic N) is 2. The molecular weight excluding hydrogens is 267 g/mol. The molecule has 1 aliphatic carbocycles. The first-order chi connectivity index (χ1) is 9.48. The van der Waals surface area contributed by atoms with Crippen LogP contribution in [0, 0.1) is 0 Å². The van der Waals surface area contributed by atoms with Crippen LogP contribution in [0.2, 0.25) is 0 Å². The van der Waals surface area contributed by atoms with Gasteiger partial charge in [0, 0.05) is 38.3 Å². The van der Waals surface area contributed by atoms with Gasteiger partial charge in [0.1, 0.15) is 0 Å². The van der Waals surface area contributed by atoms with Crippen LogP contribution in [-0.2, 0) is 0 Å². The number of alkyl halides is 3. The van der Waals surface area contributed by atoms with Gasteiger partial charge in [-0.1, -0.05) is 6.92 Å². The fourth-order valence-electron chi connectivity index (χ4n) is 3.47. The summed E-state index contributed by atoms with van der Waals surface area (Å²) in [5.41, 5.74) is 0. The Hall–Kier alpha value is -0.330. The van der Waals surface area contributed by atoms with Gasteiger partial charge in [0.05, 0.1) is 6.54 Å². The normalized spacial score (nSPS) is 30.6. The minimum absolute atomic E-state index is 0.548. The summed E-state index contributed by atoms with van der Waals surface area (Å²) in [5, 5.41) is 3.49. The van der Waals surface area contributed by atoms with Gasteiger partial charge >= 0.3 is 6.18 Å². The molecule has 0 aromatic heterocycles. The van der Waals surface area contributed by atoms with Crippen molar-refractivity contribution in [1.82, 2.24) is 15.1 Å². The van der Waals surface area contributed by atoms with Gasteiger partial charge in [-0.05, 0) is 32.2 Å². The predicted molar refractivity (Wildman–Crippen MR) is 73.8 cm³/mol. The predicted octanol–water partition coefficient (Wildman–Crippen LogP) is 2.09. The molecule has 0 unspecified atom stereocenters. The molecule has 0 radical (unpaired) electrons. The molecule has 0 spiro atoms. The zero-order valence-corrected chi connectivity index (χ0v) is 12.3. The summed E-state index contributed by atoms with van der Waals surface area (Å²) >= 11 is 0. The zero-order valence-electron chi connectivity index (χ0n) is 12.3. The van der Waals surface area contributed by atoms with E-state index in [1.54, 1.807) is 0 Å². The van der Waals surface area contributed by atoms with Crippen LogP contribution < -0.4 is 5.32 Å². The number of rotatable bonds is 4. The van der Waals surface area contributed by atoms with Crippen molar-refractivity contribution < 1.29 is 13.2 Å². The van der Waals surface area contributed by atoms with Gasteiger partial charge in [0.15, 0.2) is 0 Å². The van der Waals surface area contributed by atoms with E-state index in [4.69, 9.17) is 0 Å². The van der Waals surface area contributed by atoms with Crippen molar-refractivity contribution in [3.05, 3.63) is 0 Å². The highest BCUT2D eigenvalue weighted by Gasteiger charge is 2.33. The Kier molecular flexibility index (Phi) is 5.69. The van der Waals surface area contributed by atoms with Crippen molar-refractivity contribution >= 4 is 0 Å². The third kappa shape index (κ3) is 4.90. The quantitative estimate of drug-likeness (QED) is 0.856. The second-order valence-corrected chi connectivity index (χ2v) is 5.99. The molecule has 20 heavy (non-hydrogen) atoms. The van der Waals surface area contributed by atoms with Gasteiger partial charge in [-0.25, -0.2) is 0 Å². The molecule has 0 aromatic carbocycles. The van der Waals surface area contributed by atoms with E-state index in [0.29, 0.717) is 25.2 Å². The van der Waals surface area contributed by atoms with Crippen LogP contribution in [0.1, 0.15) is 32.6 Å². The first-order valence-corrected chi connectivity index (χ1v) is 7.74. The highest BCUT2D eigenvalue weighted by molar-refractivity contribution is 4.85. The van der Waals surface area contributed by atoms with Crippen molar-refractivity contribution in [2.24, 2.45) is 0 Å². The Morgan fingerprint density at radius 3 is 2.10 bits per heavy atom. The summed E-state index contributed by atoms with van der Waals surface area (Å²) in [7, 11) is 0. The molecule has 0 atom stereocenters. The molecule has 1 heterocycles. The molecule has 2 rings (SSSR count). The fraction of sp³-hybridized carbons (Fsp3) is 1.00. The van der Waals surface area contributed by atoms with Crippen LogP contribution in [-0.4, -0.2) is 67.3 Å². The van der Waals surface area contributed by atoms with Crippen LogP contribution in [0.3, 0.4) is 0 Å². The van der Waals surface area contributed by atoms with Crippen molar-refractivity contribution in [3.8, 4) is 0 Å². The van der Waals surface area contributed by atoms with Crippen molar-refractivity contribution in [1.29, 1.82) is 0 Å². The molecule has 1 saturated carbocycles. The topological polar surface area (TPSA) is 18.5 Å². The summed E-state index contributed by atoms with van der Waals surface area (Å²) in [6, 6.07) is 1.22. The number of halogens is 3. The second-order valence-electron chi connectivity index (χ2n) is 5.99. The van der Waals surface area contributed by atoms with E-state index in [1.807, 2.05) is 0 Å². The lowest BCUT2D eigenvalue weighted by atomic mass is 9.90. The first kappa shape index (κ1) is 16.0. The number of nitrogens with one attached hydrogen (secondary N) is 1. The zero-order chi connectivity index (χ0) is 14.6. The maximum Gasteiger partial charge on any atom is 0.401 e. The highest BCUT2D eigenvalue weighted by atomic mass is 19.4. The first-order valence-electron chi connectivity index (χ1n) is 7.74. The van der Waals surface area contributed by atoms with E-state index in [1.165, 1.54) is 30.6 Å². The lowest BCUT2D eigenvalue weighted by molar-refractivity contribution is -0.150. The summed E-state index contributed by atoms with van der Waals surface area (Å²) in [6.45, 7) is 5.06. The molecule has 0 bridgehead atoms. The smallest absolute Gasteiger partial charge is 0.314 e. The summed E-state index contributed by atoms with van der Waals surface area (Å²) in [6.07, 6.45) is 0.683. The molecule has 3 nitrogen and oxygen atoms in total. The average molecular weight is 293 g/mol. The fourth-order valence-corrected chi connectivity index (χ4v) is 3.47. The third-order valence-electron chi connectivity index (χ3n) is 4.52. The Labute approximate surface area is 119 Å². The number of hydrogen-bond donors (Lipinski definition) is 1. The SMILES string of the molecule is CCNC1CCC(N2CCN(CC(F)(F)F)CC2)CC1. The van der Waals surface area contributed by atoms with Crippen molar-refractivity contribution in [2.45, 2.75) is 50.9 Å². The van der Waals surface area contributed by atoms with E-state index in [-0.39, 0.29) is 0 Å². The standard InChI is InChI=1S/C14H26F3N3/c1-2-18-12-3-5-13(6-4-12)20-9-7-19(8-10-20)11-14(15,16)17/h12-13,18H,2-11H2,1H3. The lowest BCUT2D eigenvalue weighted by Crippen LogP contribution is -2.53. The van der Waals surface area contributed by atoms with Gasteiger partial charge in [-0.15, -0.1) is 0 Å². The van der Waals surface area contributed by atoms with Gasteiger partial charge in [0.2, 0.25) is 0 Å². The van der Waals surface area contributed by atoms with E-state index < -0.39 is 12.7 Å². The van der Waals surface area contributed by atoms with Crippen LogP contribution in [0.15, 0.2) is 0 Å². The van der Waals surface area contributed by atoms with Crippen LogP contribution >= 0.6 is 0 Å². The molecule has 1 N–H and O–H groups in total. The second kappa shape index (κ2) is 7.09. The minimum Gasteiger partial charge on any atom is -0.314 e. The summed E-state index contributed by atoms with van der Waals surface area (Å²) in [4.78, 5) is 3.93. The molecule has 1 aliphatic heterocycles. The maximum absolute atomic E-state index is 12.3. The Morgan fingerprint density at radius 1 is 1.00 bits per heavy atom. The van der Waals surface area contributed by atoms with Crippen LogP contribution in [0.4, 0.5) is 13.2 Å². The number of hydrogen-bond acceptors (Lipinski definition) is 3. The Morgan fingerprint density at radius 2 is 1.60 bits per heavy atom. The van der Waals surface area contributed by atoms with Gasteiger partial charge in [-0.2, -0.15) is 13.2 Å². The monoisotopic (exact) mass is 293 g/mol. The van der Waals surface area contributed by atoms with E-state index in [9.17, 15) is 13.2 Å². The van der Waals surface area contributed by atoms with Crippen molar-refractivity contribution in [3.63, 3.8) is 0 Å². The maximum atomic E-state index is 12.3. The Bertz CT molecular complexity index is 280. The molecule has 0 aromatic rings. The molecule has 6 heteroatoms.